The zero-order chi connectivity index (χ0) is 18.5. The Morgan fingerprint density at radius 1 is 1.16 bits per heavy atom. The second-order valence-corrected chi connectivity index (χ2v) is 7.55. The fourth-order valence-electron chi connectivity index (χ4n) is 2.65. The highest BCUT2D eigenvalue weighted by molar-refractivity contribution is 7.90. The summed E-state index contributed by atoms with van der Waals surface area (Å²) in [6, 6.07) is 2.94. The first-order valence-electron chi connectivity index (χ1n) is 7.16. The quantitative estimate of drug-likeness (QED) is 0.414. The van der Waals surface area contributed by atoms with Gasteiger partial charge >= 0.3 is 5.69 Å². The maximum Gasteiger partial charge on any atom is 0.332 e. The van der Waals surface area contributed by atoms with Gasteiger partial charge in [-0.3, -0.25) is 13.9 Å². The summed E-state index contributed by atoms with van der Waals surface area (Å²) in [4.78, 5) is 28.3. The number of aryl methyl sites for hydroxylation is 2. The third kappa shape index (κ3) is 2.61. The van der Waals surface area contributed by atoms with Gasteiger partial charge in [-0.25, -0.2) is 13.2 Å². The number of sulfone groups is 1. The van der Waals surface area contributed by atoms with E-state index in [1.54, 1.807) is 0 Å². The lowest BCUT2D eigenvalue weighted by Crippen LogP contribution is -2.37. The molecule has 3 rings (SSSR count). The van der Waals surface area contributed by atoms with Crippen LogP contribution >= 0.6 is 0 Å². The number of aromatic nitrogens is 5. The van der Waals surface area contributed by atoms with Gasteiger partial charge in [0.15, 0.2) is 23.6 Å². The molecule has 3 aromatic heterocycles. The van der Waals surface area contributed by atoms with E-state index in [1.807, 2.05) is 0 Å². The molecule has 132 valence electrons. The van der Waals surface area contributed by atoms with Crippen LogP contribution in [-0.2, 0) is 36.7 Å². The molecule has 0 saturated heterocycles. The Hall–Kier alpha value is -2.95. The van der Waals surface area contributed by atoms with Crippen LogP contribution in [0.25, 0.3) is 11.2 Å². The summed E-state index contributed by atoms with van der Waals surface area (Å²) >= 11 is 0. The highest BCUT2D eigenvalue weighted by Gasteiger charge is 2.26. The van der Waals surface area contributed by atoms with Crippen molar-refractivity contribution in [2.45, 2.75) is 10.9 Å². The minimum Gasteiger partial charge on any atom is -0.619 e. The Kier molecular flexibility index (Phi) is 3.75. The summed E-state index contributed by atoms with van der Waals surface area (Å²) in [6.07, 6.45) is 2.39. The van der Waals surface area contributed by atoms with E-state index in [4.69, 9.17) is 0 Å². The van der Waals surface area contributed by atoms with Crippen LogP contribution in [-0.4, -0.2) is 27.1 Å². The number of fused-ring (bicyclic) bond motifs is 1. The predicted molar refractivity (Wildman–Crippen MR) is 87.5 cm³/mol. The molecule has 0 atom stereocenters. The molecule has 0 aromatic carbocycles. The molecule has 3 heterocycles. The van der Waals surface area contributed by atoms with Gasteiger partial charge < -0.3 is 9.77 Å². The van der Waals surface area contributed by atoms with Crippen LogP contribution in [0.1, 0.15) is 5.56 Å². The largest absolute Gasteiger partial charge is 0.619 e. The number of imidazole rings is 1. The molecule has 0 bridgehead atoms. The van der Waals surface area contributed by atoms with Gasteiger partial charge in [0.1, 0.15) is 0 Å². The van der Waals surface area contributed by atoms with Gasteiger partial charge in [-0.05, 0) is 6.07 Å². The lowest BCUT2D eigenvalue weighted by molar-refractivity contribution is -0.605. The Morgan fingerprint density at radius 2 is 1.84 bits per heavy atom. The number of nitrogens with zero attached hydrogens (tertiary/aromatic N) is 5. The maximum atomic E-state index is 12.7. The van der Waals surface area contributed by atoms with E-state index in [9.17, 15) is 23.2 Å². The zero-order valence-corrected chi connectivity index (χ0v) is 14.5. The average molecular weight is 365 g/mol. The van der Waals surface area contributed by atoms with E-state index < -0.39 is 26.8 Å². The molecule has 0 spiro atoms. The average Bonchev–Trinajstić information content (AvgIpc) is 2.89. The zero-order valence-electron chi connectivity index (χ0n) is 13.7. The smallest absolute Gasteiger partial charge is 0.332 e. The normalized spacial score (nSPS) is 12.0. The van der Waals surface area contributed by atoms with Crippen LogP contribution in [0.15, 0.2) is 39.3 Å². The number of pyridine rings is 1. The summed E-state index contributed by atoms with van der Waals surface area (Å²) in [6.45, 7) is 0. The molecular formula is C14H15N5O5S. The van der Waals surface area contributed by atoms with E-state index in [-0.39, 0.29) is 21.9 Å². The number of hydrogen-bond acceptors (Lipinski definition) is 6. The van der Waals surface area contributed by atoms with Crippen molar-refractivity contribution >= 4 is 21.0 Å². The molecule has 3 aromatic rings. The molecule has 0 aliphatic rings. The van der Waals surface area contributed by atoms with Crippen molar-refractivity contribution in [2.24, 2.45) is 21.1 Å². The van der Waals surface area contributed by atoms with Gasteiger partial charge in [-0.1, -0.05) is 0 Å². The van der Waals surface area contributed by atoms with Gasteiger partial charge in [0.05, 0.1) is 5.75 Å². The Balaban J connectivity index is 2.24. The lowest BCUT2D eigenvalue weighted by atomic mass is 10.3. The molecule has 0 fully saturated rings. The fourth-order valence-corrected chi connectivity index (χ4v) is 4.12. The first kappa shape index (κ1) is 16.9. The summed E-state index contributed by atoms with van der Waals surface area (Å²) in [5.41, 5.74) is -0.954. The van der Waals surface area contributed by atoms with Crippen LogP contribution in [0.5, 0.6) is 0 Å². The van der Waals surface area contributed by atoms with Gasteiger partial charge in [0.2, 0.25) is 15.0 Å². The van der Waals surface area contributed by atoms with Crippen LogP contribution in [0.3, 0.4) is 0 Å². The van der Waals surface area contributed by atoms with E-state index in [1.165, 1.54) is 39.5 Å². The highest BCUT2D eigenvalue weighted by atomic mass is 32.2. The van der Waals surface area contributed by atoms with Gasteiger partial charge in [0.25, 0.3) is 5.56 Å². The summed E-state index contributed by atoms with van der Waals surface area (Å²) in [5.74, 6) is -0.457. The number of hydrogen-bond donors (Lipinski definition) is 0. The summed E-state index contributed by atoms with van der Waals surface area (Å²) < 4.78 is 29.1. The van der Waals surface area contributed by atoms with Crippen molar-refractivity contribution in [1.29, 1.82) is 0 Å². The molecule has 0 N–H and O–H groups in total. The Bertz CT molecular complexity index is 1220. The molecule has 11 heteroatoms. The molecule has 0 radical (unpaired) electrons. The first-order chi connectivity index (χ1) is 11.6. The minimum atomic E-state index is -3.95. The van der Waals surface area contributed by atoms with E-state index in [0.29, 0.717) is 4.73 Å². The minimum absolute atomic E-state index is 0.00938. The van der Waals surface area contributed by atoms with Crippen molar-refractivity contribution in [3.63, 3.8) is 0 Å². The van der Waals surface area contributed by atoms with E-state index in [0.717, 1.165) is 19.9 Å². The number of rotatable bonds is 3. The van der Waals surface area contributed by atoms with Crippen molar-refractivity contribution in [2.75, 3.05) is 0 Å². The molecule has 0 aliphatic carbocycles. The molecule has 10 nitrogen and oxygen atoms in total. The Labute approximate surface area is 141 Å². The second kappa shape index (κ2) is 5.55. The maximum absolute atomic E-state index is 12.7. The predicted octanol–water partition coefficient (Wildman–Crippen LogP) is -1.42. The second-order valence-electron chi connectivity index (χ2n) is 5.66. The van der Waals surface area contributed by atoms with Gasteiger partial charge in [0, 0.05) is 32.8 Å². The monoisotopic (exact) mass is 365 g/mol. The third-order valence-electron chi connectivity index (χ3n) is 3.91. The van der Waals surface area contributed by atoms with Crippen molar-refractivity contribution in [1.82, 2.24) is 18.7 Å². The Morgan fingerprint density at radius 3 is 2.48 bits per heavy atom. The molecule has 0 aliphatic heterocycles. The lowest BCUT2D eigenvalue weighted by Gasteiger charge is -2.05. The summed E-state index contributed by atoms with van der Waals surface area (Å²) in [5, 5.41) is 11.0. The van der Waals surface area contributed by atoms with Crippen LogP contribution < -0.4 is 16.0 Å². The van der Waals surface area contributed by atoms with Crippen LogP contribution in [0.4, 0.5) is 0 Å². The SMILES string of the molecule is Cn1c(=O)c2c(nc(S(=O)(=O)Cc3ccc[n+]([O-])c3)n2C)n(C)c1=O. The molecule has 0 amide bonds. The standard InChI is InChI=1S/C14H15N5O5S/c1-16-10-11(17(2)14(21)18(3)12(10)20)15-13(16)25(23,24)8-9-5-4-6-19(22)7-9/h4-7H,8H2,1-3H3. The van der Waals surface area contributed by atoms with Crippen LogP contribution in [0.2, 0.25) is 0 Å². The highest BCUT2D eigenvalue weighted by Crippen LogP contribution is 2.18. The topological polar surface area (TPSA) is 123 Å². The van der Waals surface area contributed by atoms with E-state index >= 15 is 0 Å². The third-order valence-corrected chi connectivity index (χ3v) is 5.54. The molecule has 25 heavy (non-hydrogen) atoms. The first-order valence-corrected chi connectivity index (χ1v) is 8.81. The van der Waals surface area contributed by atoms with Crippen LogP contribution in [0, 0.1) is 5.21 Å². The van der Waals surface area contributed by atoms with E-state index in [2.05, 4.69) is 4.98 Å². The van der Waals surface area contributed by atoms with Crippen molar-refractivity contribution < 1.29 is 13.1 Å². The fraction of sp³-hybridized carbons (Fsp3) is 0.286. The van der Waals surface area contributed by atoms with Gasteiger partial charge in [-0.15, -0.1) is 0 Å². The summed E-state index contributed by atoms with van der Waals surface area (Å²) in [7, 11) is 0.166. The molecule has 0 unspecified atom stereocenters. The van der Waals surface area contributed by atoms with Gasteiger partial charge in [-0.2, -0.15) is 9.71 Å². The molecule has 0 saturated carbocycles. The van der Waals surface area contributed by atoms with Crippen molar-refractivity contribution in [3.8, 4) is 0 Å². The molecular weight excluding hydrogens is 350 g/mol. The van der Waals surface area contributed by atoms with Crippen molar-refractivity contribution in [3.05, 3.63) is 56.1 Å².